The van der Waals surface area contributed by atoms with E-state index in [-0.39, 0.29) is 12.2 Å². The molecule has 2 unspecified atom stereocenters. The first kappa shape index (κ1) is 14.8. The number of hydrogen-bond acceptors (Lipinski definition) is 3. The molecule has 1 saturated heterocycles. The van der Waals surface area contributed by atoms with Crippen LogP contribution < -0.4 is 10.2 Å². The Bertz CT molecular complexity index is 415. The lowest BCUT2D eigenvalue weighted by Crippen LogP contribution is -2.45. The third-order valence-electron chi connectivity index (χ3n) is 3.35. The number of benzene rings is 1. The molecule has 1 aliphatic rings. The van der Waals surface area contributed by atoms with Gasteiger partial charge in [-0.2, -0.15) is 0 Å². The van der Waals surface area contributed by atoms with Crippen molar-refractivity contribution in [2.75, 3.05) is 24.5 Å². The largest absolute Gasteiger partial charge is 0.372 e. The first-order chi connectivity index (χ1) is 9.10. The van der Waals surface area contributed by atoms with E-state index in [1.165, 1.54) is 15.7 Å². The number of hydrogen-bond donors (Lipinski definition) is 1. The molecule has 0 aliphatic carbocycles. The van der Waals surface area contributed by atoms with Gasteiger partial charge in [-0.3, -0.25) is 0 Å². The zero-order valence-corrected chi connectivity index (χ0v) is 13.5. The zero-order valence-electron chi connectivity index (χ0n) is 11.9. The number of rotatable bonds is 4. The van der Waals surface area contributed by atoms with E-state index < -0.39 is 0 Å². The predicted molar refractivity (Wildman–Crippen MR) is 83.7 cm³/mol. The van der Waals surface area contributed by atoms with Crippen LogP contribution in [-0.4, -0.2) is 31.8 Å². The van der Waals surface area contributed by atoms with E-state index in [9.17, 15) is 0 Å². The second-order valence-electron chi connectivity index (χ2n) is 5.23. The Labute approximate surface area is 124 Å². The molecule has 0 aromatic heterocycles. The van der Waals surface area contributed by atoms with Crippen LogP contribution in [0.2, 0.25) is 0 Å². The Balaban J connectivity index is 2.11. The molecule has 0 amide bonds. The summed E-state index contributed by atoms with van der Waals surface area (Å²) >= 11 is 3.70. The van der Waals surface area contributed by atoms with E-state index in [2.05, 4.69) is 65.1 Å². The standard InChI is InChI=1S/C15H23BrN2O/c1-4-17-8-13-5-6-15(14(16)7-13)18-9-11(2)19-12(3)10-18/h5-7,11-12,17H,4,8-10H2,1-3H3. The third kappa shape index (κ3) is 3.94. The van der Waals surface area contributed by atoms with Gasteiger partial charge in [-0.1, -0.05) is 13.0 Å². The Kier molecular flexibility index (Phi) is 5.25. The predicted octanol–water partition coefficient (Wildman–Crippen LogP) is 3.17. The summed E-state index contributed by atoms with van der Waals surface area (Å²) in [5.74, 6) is 0. The SMILES string of the molecule is CCNCc1ccc(N2CC(C)OC(C)C2)c(Br)c1. The van der Waals surface area contributed by atoms with Crippen LogP contribution in [0.3, 0.4) is 0 Å². The second-order valence-corrected chi connectivity index (χ2v) is 6.08. The Morgan fingerprint density at radius 1 is 1.32 bits per heavy atom. The minimum absolute atomic E-state index is 0.289. The molecule has 1 N–H and O–H groups in total. The van der Waals surface area contributed by atoms with Crippen molar-refractivity contribution in [2.45, 2.75) is 39.5 Å². The summed E-state index contributed by atoms with van der Waals surface area (Å²) in [4.78, 5) is 2.40. The van der Waals surface area contributed by atoms with Gasteiger partial charge in [-0.15, -0.1) is 0 Å². The fourth-order valence-corrected chi connectivity index (χ4v) is 3.24. The Hall–Kier alpha value is -0.580. The molecule has 1 fully saturated rings. The van der Waals surface area contributed by atoms with Crippen LogP contribution in [0.5, 0.6) is 0 Å². The molecule has 0 radical (unpaired) electrons. The molecular weight excluding hydrogens is 304 g/mol. The quantitative estimate of drug-likeness (QED) is 0.919. The van der Waals surface area contributed by atoms with Gasteiger partial charge in [-0.05, 0) is 54.0 Å². The van der Waals surface area contributed by atoms with Crippen LogP contribution in [0, 0.1) is 0 Å². The fourth-order valence-electron chi connectivity index (χ4n) is 2.56. The summed E-state index contributed by atoms with van der Waals surface area (Å²) in [7, 11) is 0. The summed E-state index contributed by atoms with van der Waals surface area (Å²) in [6, 6.07) is 6.62. The smallest absolute Gasteiger partial charge is 0.0726 e. The molecule has 0 spiro atoms. The van der Waals surface area contributed by atoms with Gasteiger partial charge >= 0.3 is 0 Å². The number of anilines is 1. The maximum Gasteiger partial charge on any atom is 0.0726 e. The van der Waals surface area contributed by atoms with Crippen molar-refractivity contribution in [1.82, 2.24) is 5.32 Å². The average Bonchev–Trinajstić information content (AvgIpc) is 2.35. The van der Waals surface area contributed by atoms with Crippen molar-refractivity contribution >= 4 is 21.6 Å². The third-order valence-corrected chi connectivity index (χ3v) is 3.99. The van der Waals surface area contributed by atoms with Gasteiger partial charge in [0, 0.05) is 24.1 Å². The molecule has 2 atom stereocenters. The van der Waals surface area contributed by atoms with Crippen molar-refractivity contribution in [3.05, 3.63) is 28.2 Å². The van der Waals surface area contributed by atoms with Crippen molar-refractivity contribution < 1.29 is 4.74 Å². The van der Waals surface area contributed by atoms with Gasteiger partial charge < -0.3 is 15.0 Å². The molecule has 1 aliphatic heterocycles. The molecule has 4 heteroatoms. The van der Waals surface area contributed by atoms with Gasteiger partial charge in [0.25, 0.3) is 0 Å². The van der Waals surface area contributed by atoms with Crippen molar-refractivity contribution in [2.24, 2.45) is 0 Å². The van der Waals surface area contributed by atoms with Crippen LogP contribution >= 0.6 is 15.9 Å². The average molecular weight is 327 g/mol. The van der Waals surface area contributed by atoms with Crippen LogP contribution in [0.1, 0.15) is 26.3 Å². The highest BCUT2D eigenvalue weighted by Gasteiger charge is 2.23. The van der Waals surface area contributed by atoms with Crippen LogP contribution in [0.25, 0.3) is 0 Å². The van der Waals surface area contributed by atoms with Crippen molar-refractivity contribution in [3.63, 3.8) is 0 Å². The maximum atomic E-state index is 5.79. The van der Waals surface area contributed by atoms with Gasteiger partial charge in [0.1, 0.15) is 0 Å². The molecule has 3 nitrogen and oxygen atoms in total. The summed E-state index contributed by atoms with van der Waals surface area (Å²) in [6.07, 6.45) is 0.578. The lowest BCUT2D eigenvalue weighted by molar-refractivity contribution is -0.00525. The van der Waals surface area contributed by atoms with Crippen molar-refractivity contribution in [1.29, 1.82) is 0 Å². The lowest BCUT2D eigenvalue weighted by atomic mass is 10.1. The van der Waals surface area contributed by atoms with Crippen LogP contribution in [0.15, 0.2) is 22.7 Å². The van der Waals surface area contributed by atoms with E-state index in [0.717, 1.165) is 26.2 Å². The van der Waals surface area contributed by atoms with E-state index in [1.54, 1.807) is 0 Å². The normalized spacial score (nSPS) is 23.7. The van der Waals surface area contributed by atoms with Crippen molar-refractivity contribution in [3.8, 4) is 0 Å². The van der Waals surface area contributed by atoms with Gasteiger partial charge in [0.2, 0.25) is 0 Å². The summed E-state index contributed by atoms with van der Waals surface area (Å²) in [6.45, 7) is 10.2. The van der Waals surface area contributed by atoms with E-state index in [0.29, 0.717) is 0 Å². The maximum absolute atomic E-state index is 5.79. The van der Waals surface area contributed by atoms with E-state index in [4.69, 9.17) is 4.74 Å². The molecule has 0 saturated carbocycles. The Morgan fingerprint density at radius 2 is 2.00 bits per heavy atom. The molecule has 1 aromatic rings. The van der Waals surface area contributed by atoms with E-state index >= 15 is 0 Å². The highest BCUT2D eigenvalue weighted by molar-refractivity contribution is 9.10. The number of nitrogens with zero attached hydrogens (tertiary/aromatic N) is 1. The highest BCUT2D eigenvalue weighted by atomic mass is 79.9. The number of nitrogens with one attached hydrogen (secondary N) is 1. The minimum Gasteiger partial charge on any atom is -0.372 e. The van der Waals surface area contributed by atoms with Gasteiger partial charge in [-0.25, -0.2) is 0 Å². The lowest BCUT2D eigenvalue weighted by Gasteiger charge is -2.37. The Morgan fingerprint density at radius 3 is 2.58 bits per heavy atom. The molecule has 19 heavy (non-hydrogen) atoms. The number of halogens is 1. The summed E-state index contributed by atoms with van der Waals surface area (Å²) in [5, 5.41) is 3.35. The topological polar surface area (TPSA) is 24.5 Å². The van der Waals surface area contributed by atoms with Gasteiger partial charge in [0.15, 0.2) is 0 Å². The first-order valence-electron chi connectivity index (χ1n) is 6.99. The van der Waals surface area contributed by atoms with E-state index in [1.807, 2.05) is 0 Å². The summed E-state index contributed by atoms with van der Waals surface area (Å²) in [5.41, 5.74) is 2.58. The molecular formula is C15H23BrN2O. The second kappa shape index (κ2) is 6.73. The molecule has 0 bridgehead atoms. The van der Waals surface area contributed by atoms with Crippen LogP contribution in [0.4, 0.5) is 5.69 Å². The van der Waals surface area contributed by atoms with Crippen LogP contribution in [-0.2, 0) is 11.3 Å². The molecule has 106 valence electrons. The fraction of sp³-hybridized carbons (Fsp3) is 0.600. The first-order valence-corrected chi connectivity index (χ1v) is 7.79. The number of ether oxygens (including phenoxy) is 1. The number of morpholine rings is 1. The molecule has 2 rings (SSSR count). The van der Waals surface area contributed by atoms with Gasteiger partial charge in [0.05, 0.1) is 17.9 Å². The monoisotopic (exact) mass is 326 g/mol. The molecule has 1 heterocycles. The highest BCUT2D eigenvalue weighted by Crippen LogP contribution is 2.29. The zero-order chi connectivity index (χ0) is 13.8. The molecule has 1 aromatic carbocycles. The minimum atomic E-state index is 0.289. The summed E-state index contributed by atoms with van der Waals surface area (Å²) < 4.78 is 6.96.